The highest BCUT2D eigenvalue weighted by Gasteiger charge is 2.44. The molecule has 6 nitrogen and oxygen atoms in total. The van der Waals surface area contributed by atoms with E-state index < -0.39 is 0 Å². The molecule has 0 spiro atoms. The van der Waals surface area contributed by atoms with Gasteiger partial charge in [0, 0.05) is 32.2 Å². The molecule has 134 valence electrons. The van der Waals surface area contributed by atoms with Crippen LogP contribution in [0.1, 0.15) is 25.3 Å². The highest BCUT2D eigenvalue weighted by Crippen LogP contribution is 2.49. The van der Waals surface area contributed by atoms with Crippen molar-refractivity contribution in [1.29, 1.82) is 0 Å². The van der Waals surface area contributed by atoms with Gasteiger partial charge in [0.2, 0.25) is 6.79 Å². The Kier molecular flexibility index (Phi) is 6.56. The van der Waals surface area contributed by atoms with E-state index in [2.05, 4.69) is 34.7 Å². The first-order valence-electron chi connectivity index (χ1n) is 8.03. The number of ether oxygens (including phenoxy) is 3. The highest BCUT2D eigenvalue weighted by molar-refractivity contribution is 14.0. The lowest BCUT2D eigenvalue weighted by atomic mass is 9.95. The van der Waals surface area contributed by atoms with Crippen molar-refractivity contribution in [3.05, 3.63) is 23.8 Å². The molecular weight excluding hydrogens is 421 g/mol. The number of benzene rings is 1. The summed E-state index contributed by atoms with van der Waals surface area (Å²) >= 11 is 0. The number of nitrogens with zero attached hydrogens (tertiary/aromatic N) is 1. The van der Waals surface area contributed by atoms with Crippen LogP contribution in [0.4, 0.5) is 0 Å². The zero-order chi connectivity index (χ0) is 16.3. The minimum Gasteiger partial charge on any atom is -0.454 e. The van der Waals surface area contributed by atoms with E-state index in [9.17, 15) is 0 Å². The average Bonchev–Trinajstić information content (AvgIpc) is 3.20. The van der Waals surface area contributed by atoms with Crippen molar-refractivity contribution < 1.29 is 14.2 Å². The fraction of sp³-hybridized carbons (Fsp3) is 0.588. The number of guanidine groups is 1. The normalized spacial score (nSPS) is 18.5. The lowest BCUT2D eigenvalue weighted by Gasteiger charge is -2.21. The summed E-state index contributed by atoms with van der Waals surface area (Å²) in [6.45, 7) is 3.89. The maximum absolute atomic E-state index is 5.50. The highest BCUT2D eigenvalue weighted by atomic mass is 127. The van der Waals surface area contributed by atoms with Crippen molar-refractivity contribution in [2.24, 2.45) is 4.99 Å². The lowest BCUT2D eigenvalue weighted by Crippen LogP contribution is -2.46. The monoisotopic (exact) mass is 447 g/mol. The predicted molar refractivity (Wildman–Crippen MR) is 105 cm³/mol. The Labute approximate surface area is 160 Å². The first kappa shape index (κ1) is 19.1. The van der Waals surface area contributed by atoms with Gasteiger partial charge in [-0.3, -0.25) is 4.99 Å². The van der Waals surface area contributed by atoms with Crippen LogP contribution in [0.5, 0.6) is 11.5 Å². The quantitative estimate of drug-likeness (QED) is 0.398. The van der Waals surface area contributed by atoms with Gasteiger partial charge in [0.25, 0.3) is 0 Å². The third-order valence-electron chi connectivity index (χ3n) is 4.46. The topological polar surface area (TPSA) is 64.1 Å². The number of methoxy groups -OCH3 is 1. The maximum atomic E-state index is 5.50. The van der Waals surface area contributed by atoms with Crippen molar-refractivity contribution in [2.75, 3.05) is 34.1 Å². The number of aliphatic imine (C=N–C) groups is 1. The zero-order valence-corrected chi connectivity index (χ0v) is 16.8. The first-order valence-corrected chi connectivity index (χ1v) is 8.03. The van der Waals surface area contributed by atoms with Crippen molar-refractivity contribution in [1.82, 2.24) is 10.6 Å². The van der Waals surface area contributed by atoms with Gasteiger partial charge >= 0.3 is 0 Å². The summed E-state index contributed by atoms with van der Waals surface area (Å²) < 4.78 is 16.0. The summed E-state index contributed by atoms with van der Waals surface area (Å²) in [6.07, 6.45) is 2.34. The van der Waals surface area contributed by atoms with Gasteiger partial charge in [0.05, 0.1) is 6.61 Å². The second-order valence-electron chi connectivity index (χ2n) is 6.27. The Morgan fingerprint density at radius 3 is 2.75 bits per heavy atom. The van der Waals surface area contributed by atoms with E-state index >= 15 is 0 Å². The fourth-order valence-corrected chi connectivity index (χ4v) is 2.92. The molecule has 1 aromatic carbocycles. The van der Waals surface area contributed by atoms with Gasteiger partial charge in [0.1, 0.15) is 0 Å². The number of hydrogen-bond acceptors (Lipinski definition) is 4. The molecule has 7 heteroatoms. The Balaban J connectivity index is 0.00000208. The third-order valence-corrected chi connectivity index (χ3v) is 4.46. The van der Waals surface area contributed by atoms with Crippen LogP contribution in [0.2, 0.25) is 0 Å². The van der Waals surface area contributed by atoms with E-state index in [0.29, 0.717) is 13.4 Å². The minimum atomic E-state index is 0. The Bertz CT molecular complexity index is 590. The molecule has 1 atom stereocenters. The van der Waals surface area contributed by atoms with E-state index in [0.717, 1.165) is 24.0 Å². The molecule has 1 saturated carbocycles. The van der Waals surface area contributed by atoms with E-state index in [-0.39, 0.29) is 35.4 Å². The van der Waals surface area contributed by atoms with Crippen LogP contribution in [0, 0.1) is 0 Å². The number of fused-ring (bicyclic) bond motifs is 1. The van der Waals surface area contributed by atoms with Crippen LogP contribution >= 0.6 is 24.0 Å². The van der Waals surface area contributed by atoms with Crippen LogP contribution in [0.3, 0.4) is 0 Å². The number of rotatable bonds is 6. The Hall–Kier alpha value is -1.22. The SMILES string of the molecule is CN=C(NCC1(c2ccc3c(c2)OCO3)CC1)NC(C)COC.I. The molecule has 1 aliphatic carbocycles. The summed E-state index contributed by atoms with van der Waals surface area (Å²) in [6, 6.07) is 6.48. The number of halogens is 1. The van der Waals surface area contributed by atoms with Gasteiger partial charge in [0.15, 0.2) is 17.5 Å². The molecule has 0 aromatic heterocycles. The van der Waals surface area contributed by atoms with Crippen LogP contribution in [0.25, 0.3) is 0 Å². The van der Waals surface area contributed by atoms with Crippen molar-refractivity contribution in [2.45, 2.75) is 31.2 Å². The molecule has 2 aliphatic rings. The first-order chi connectivity index (χ1) is 11.2. The number of nitrogens with one attached hydrogen (secondary N) is 2. The molecule has 0 amide bonds. The van der Waals surface area contributed by atoms with Gasteiger partial charge in [-0.25, -0.2) is 0 Å². The van der Waals surface area contributed by atoms with Gasteiger partial charge in [-0.1, -0.05) is 6.07 Å². The zero-order valence-electron chi connectivity index (χ0n) is 14.4. The largest absolute Gasteiger partial charge is 0.454 e. The molecule has 1 aromatic rings. The van der Waals surface area contributed by atoms with E-state index in [1.54, 1.807) is 14.2 Å². The van der Waals surface area contributed by atoms with E-state index in [1.165, 1.54) is 18.4 Å². The summed E-state index contributed by atoms with van der Waals surface area (Å²) in [5.41, 5.74) is 1.47. The summed E-state index contributed by atoms with van der Waals surface area (Å²) in [4.78, 5) is 4.29. The molecule has 1 unspecified atom stereocenters. The average molecular weight is 447 g/mol. The molecule has 2 N–H and O–H groups in total. The van der Waals surface area contributed by atoms with E-state index in [4.69, 9.17) is 14.2 Å². The predicted octanol–water partition coefficient (Wildman–Crippen LogP) is 2.26. The van der Waals surface area contributed by atoms with Crippen molar-refractivity contribution >= 4 is 29.9 Å². The Morgan fingerprint density at radius 2 is 2.08 bits per heavy atom. The van der Waals surface area contributed by atoms with Gasteiger partial charge in [-0.2, -0.15) is 0 Å². The van der Waals surface area contributed by atoms with Crippen LogP contribution in [-0.2, 0) is 10.2 Å². The number of hydrogen-bond donors (Lipinski definition) is 2. The molecule has 3 rings (SSSR count). The Morgan fingerprint density at radius 1 is 1.33 bits per heavy atom. The molecule has 1 fully saturated rings. The fourth-order valence-electron chi connectivity index (χ4n) is 2.92. The molecule has 0 radical (unpaired) electrons. The molecular formula is C17H26IN3O3. The van der Waals surface area contributed by atoms with Crippen LogP contribution in [0.15, 0.2) is 23.2 Å². The van der Waals surface area contributed by atoms with Crippen LogP contribution < -0.4 is 20.1 Å². The second-order valence-corrected chi connectivity index (χ2v) is 6.27. The standard InChI is InChI=1S/C17H25N3O3.HI/c1-12(9-21-3)20-16(18-2)19-10-17(6-7-17)13-4-5-14-15(8-13)23-11-22-14;/h4-5,8,12H,6-7,9-11H2,1-3H3,(H2,18,19,20);1H. The molecule has 0 saturated heterocycles. The molecule has 1 aliphatic heterocycles. The van der Waals surface area contributed by atoms with Crippen molar-refractivity contribution in [3.63, 3.8) is 0 Å². The third kappa shape index (κ3) is 4.24. The van der Waals surface area contributed by atoms with Gasteiger partial charge in [-0.05, 0) is 37.5 Å². The maximum Gasteiger partial charge on any atom is 0.231 e. The van der Waals surface area contributed by atoms with Gasteiger partial charge in [-0.15, -0.1) is 24.0 Å². The smallest absolute Gasteiger partial charge is 0.231 e. The van der Waals surface area contributed by atoms with Crippen LogP contribution in [-0.4, -0.2) is 46.1 Å². The van der Waals surface area contributed by atoms with Crippen molar-refractivity contribution in [3.8, 4) is 11.5 Å². The summed E-state index contributed by atoms with van der Waals surface area (Å²) in [5.74, 6) is 2.50. The van der Waals surface area contributed by atoms with E-state index in [1.807, 2.05) is 6.07 Å². The molecule has 0 bridgehead atoms. The summed E-state index contributed by atoms with van der Waals surface area (Å²) in [7, 11) is 3.49. The molecule has 24 heavy (non-hydrogen) atoms. The summed E-state index contributed by atoms with van der Waals surface area (Å²) in [5, 5.41) is 6.77. The lowest BCUT2D eigenvalue weighted by molar-refractivity contribution is 0.174. The minimum absolute atomic E-state index is 0. The molecule has 1 heterocycles. The second kappa shape index (κ2) is 8.24. The van der Waals surface area contributed by atoms with Gasteiger partial charge < -0.3 is 24.8 Å².